The molecule has 112 valence electrons. The second kappa shape index (κ2) is 5.18. The third-order valence-corrected chi connectivity index (χ3v) is 6.14. The van der Waals surface area contributed by atoms with Gasteiger partial charge in [0.2, 0.25) is 0 Å². The Labute approximate surface area is 136 Å². The van der Waals surface area contributed by atoms with Gasteiger partial charge in [-0.25, -0.2) is 4.98 Å². The van der Waals surface area contributed by atoms with Crippen LogP contribution in [0.3, 0.4) is 0 Å². The summed E-state index contributed by atoms with van der Waals surface area (Å²) in [7, 11) is 0. The highest BCUT2D eigenvalue weighted by molar-refractivity contribution is 7.18. The van der Waals surface area contributed by atoms with Crippen LogP contribution in [0.25, 0.3) is 21.9 Å². The lowest BCUT2D eigenvalue weighted by Crippen LogP contribution is -2.19. The fraction of sp³-hybridized carbons (Fsp3) is 0.294. The van der Waals surface area contributed by atoms with Crippen molar-refractivity contribution < 1.29 is 0 Å². The van der Waals surface area contributed by atoms with Crippen molar-refractivity contribution >= 4 is 44.5 Å². The van der Waals surface area contributed by atoms with Crippen LogP contribution in [0.4, 0.5) is 0 Å². The van der Waals surface area contributed by atoms with E-state index < -0.39 is 0 Å². The van der Waals surface area contributed by atoms with Gasteiger partial charge in [-0.05, 0) is 49.6 Å². The van der Waals surface area contributed by atoms with E-state index in [1.807, 2.05) is 10.6 Å². The zero-order valence-electron chi connectivity index (χ0n) is 12.5. The quantitative estimate of drug-likeness (QED) is 0.701. The number of aryl methyl sites for hydroxylation is 2. The molecular formula is C17H16N2OS2. The van der Waals surface area contributed by atoms with E-state index in [0.29, 0.717) is 0 Å². The molecule has 0 atom stereocenters. The SMILES string of the molecule is CCc1cc2c(=O)n3c(nc2s1)/C(=C\c1ccc(C)s1)CC3. The minimum absolute atomic E-state index is 0.113. The summed E-state index contributed by atoms with van der Waals surface area (Å²) in [5.41, 5.74) is 1.29. The Balaban J connectivity index is 1.89. The van der Waals surface area contributed by atoms with Crippen LogP contribution < -0.4 is 5.56 Å². The van der Waals surface area contributed by atoms with Crippen molar-refractivity contribution in [3.05, 3.63) is 49.0 Å². The third-order valence-electron chi connectivity index (χ3n) is 4.02. The molecule has 0 N–H and O–H groups in total. The normalized spacial score (nSPS) is 15.8. The molecule has 22 heavy (non-hydrogen) atoms. The van der Waals surface area contributed by atoms with Gasteiger partial charge in [-0.2, -0.15) is 0 Å². The maximum atomic E-state index is 12.7. The molecule has 0 bridgehead atoms. The molecule has 0 fully saturated rings. The maximum absolute atomic E-state index is 12.7. The number of hydrogen-bond acceptors (Lipinski definition) is 4. The first-order valence-electron chi connectivity index (χ1n) is 7.46. The van der Waals surface area contributed by atoms with E-state index in [2.05, 4.69) is 32.1 Å². The summed E-state index contributed by atoms with van der Waals surface area (Å²) in [4.78, 5) is 22.1. The summed E-state index contributed by atoms with van der Waals surface area (Å²) < 4.78 is 1.83. The Morgan fingerprint density at radius 3 is 2.95 bits per heavy atom. The van der Waals surface area contributed by atoms with Crippen molar-refractivity contribution in [3.63, 3.8) is 0 Å². The van der Waals surface area contributed by atoms with Gasteiger partial charge in [0.15, 0.2) is 0 Å². The average molecular weight is 328 g/mol. The molecule has 0 unspecified atom stereocenters. The minimum atomic E-state index is 0.113. The first kappa shape index (κ1) is 13.9. The third kappa shape index (κ3) is 2.16. The smallest absolute Gasteiger partial charge is 0.262 e. The summed E-state index contributed by atoms with van der Waals surface area (Å²) in [6, 6.07) is 6.27. The van der Waals surface area contributed by atoms with Crippen LogP contribution in [-0.4, -0.2) is 9.55 Å². The molecule has 0 aromatic carbocycles. The second-order valence-corrected chi connectivity index (χ2v) is 7.98. The molecule has 3 aromatic heterocycles. The Morgan fingerprint density at radius 1 is 1.36 bits per heavy atom. The zero-order chi connectivity index (χ0) is 15.3. The lowest BCUT2D eigenvalue weighted by molar-refractivity contribution is 0.726. The molecule has 3 nitrogen and oxygen atoms in total. The van der Waals surface area contributed by atoms with Crippen LogP contribution in [0.1, 0.15) is 33.8 Å². The fourth-order valence-corrected chi connectivity index (χ4v) is 4.68. The largest absolute Gasteiger partial charge is 0.292 e. The monoisotopic (exact) mass is 328 g/mol. The first-order chi connectivity index (χ1) is 10.7. The number of hydrogen-bond donors (Lipinski definition) is 0. The van der Waals surface area contributed by atoms with Crippen molar-refractivity contribution in [2.45, 2.75) is 33.2 Å². The molecule has 4 heterocycles. The van der Waals surface area contributed by atoms with Crippen molar-refractivity contribution in [2.75, 3.05) is 0 Å². The predicted molar refractivity (Wildman–Crippen MR) is 94.8 cm³/mol. The van der Waals surface area contributed by atoms with Gasteiger partial charge >= 0.3 is 0 Å². The summed E-state index contributed by atoms with van der Waals surface area (Å²) in [6.07, 6.45) is 4.02. The Kier molecular flexibility index (Phi) is 3.27. The lowest BCUT2D eigenvalue weighted by atomic mass is 10.2. The summed E-state index contributed by atoms with van der Waals surface area (Å²) in [6.45, 7) is 4.96. The van der Waals surface area contributed by atoms with Crippen LogP contribution in [0, 0.1) is 6.92 Å². The number of fused-ring (bicyclic) bond motifs is 2. The van der Waals surface area contributed by atoms with Gasteiger partial charge in [0.05, 0.1) is 5.39 Å². The van der Waals surface area contributed by atoms with E-state index in [1.54, 1.807) is 22.7 Å². The Morgan fingerprint density at radius 2 is 2.23 bits per heavy atom. The van der Waals surface area contributed by atoms with E-state index in [-0.39, 0.29) is 5.56 Å². The molecule has 0 aliphatic carbocycles. The number of allylic oxidation sites excluding steroid dienone is 1. The topological polar surface area (TPSA) is 34.9 Å². The van der Waals surface area contributed by atoms with Gasteiger partial charge in [-0.3, -0.25) is 9.36 Å². The van der Waals surface area contributed by atoms with Crippen molar-refractivity contribution in [1.82, 2.24) is 9.55 Å². The van der Waals surface area contributed by atoms with Crippen LogP contribution in [0.15, 0.2) is 23.0 Å². The summed E-state index contributed by atoms with van der Waals surface area (Å²) in [5.74, 6) is 0.855. The summed E-state index contributed by atoms with van der Waals surface area (Å²) in [5, 5.41) is 0.777. The van der Waals surface area contributed by atoms with Gasteiger partial charge in [-0.1, -0.05) is 6.92 Å². The molecule has 0 spiro atoms. The first-order valence-corrected chi connectivity index (χ1v) is 9.09. The van der Waals surface area contributed by atoms with Gasteiger partial charge in [-0.15, -0.1) is 22.7 Å². The van der Waals surface area contributed by atoms with Crippen LogP contribution in [-0.2, 0) is 13.0 Å². The molecule has 1 aliphatic rings. The minimum Gasteiger partial charge on any atom is -0.292 e. The van der Waals surface area contributed by atoms with E-state index in [0.717, 1.165) is 35.4 Å². The van der Waals surface area contributed by atoms with E-state index in [1.165, 1.54) is 20.2 Å². The molecular weight excluding hydrogens is 312 g/mol. The fourth-order valence-electron chi connectivity index (χ4n) is 2.88. The lowest BCUT2D eigenvalue weighted by Gasteiger charge is -2.02. The van der Waals surface area contributed by atoms with Crippen LogP contribution >= 0.6 is 22.7 Å². The molecule has 0 radical (unpaired) electrons. The van der Waals surface area contributed by atoms with E-state index in [9.17, 15) is 4.79 Å². The number of thiophene rings is 2. The summed E-state index contributed by atoms with van der Waals surface area (Å²) >= 11 is 3.42. The van der Waals surface area contributed by atoms with Gasteiger partial charge < -0.3 is 0 Å². The zero-order valence-corrected chi connectivity index (χ0v) is 14.2. The van der Waals surface area contributed by atoms with Gasteiger partial charge in [0, 0.05) is 21.2 Å². The van der Waals surface area contributed by atoms with Gasteiger partial charge in [0.25, 0.3) is 5.56 Å². The highest BCUT2D eigenvalue weighted by Gasteiger charge is 2.22. The van der Waals surface area contributed by atoms with E-state index >= 15 is 0 Å². The second-order valence-electron chi connectivity index (χ2n) is 5.55. The van der Waals surface area contributed by atoms with E-state index in [4.69, 9.17) is 4.98 Å². The molecule has 0 amide bonds. The highest BCUT2D eigenvalue weighted by atomic mass is 32.1. The molecule has 1 aliphatic heterocycles. The van der Waals surface area contributed by atoms with Crippen molar-refractivity contribution in [2.24, 2.45) is 0 Å². The average Bonchev–Trinajstić information content (AvgIpc) is 3.19. The molecule has 4 rings (SSSR count). The molecule has 3 aromatic rings. The van der Waals surface area contributed by atoms with Crippen molar-refractivity contribution in [3.8, 4) is 0 Å². The molecule has 0 saturated heterocycles. The van der Waals surface area contributed by atoms with Crippen LogP contribution in [0.2, 0.25) is 0 Å². The standard InChI is InChI=1S/C17H16N2OS2/c1-3-12-9-14-16(22-12)18-15-11(6-7-19(15)17(14)20)8-13-5-4-10(2)21-13/h4-5,8-9H,3,6-7H2,1-2H3/b11-8-. The number of rotatable bonds is 2. The maximum Gasteiger partial charge on any atom is 0.262 e. The number of aromatic nitrogens is 2. The molecule has 0 saturated carbocycles. The predicted octanol–water partition coefficient (Wildman–Crippen LogP) is 4.33. The van der Waals surface area contributed by atoms with Crippen molar-refractivity contribution in [1.29, 1.82) is 0 Å². The van der Waals surface area contributed by atoms with Gasteiger partial charge in [0.1, 0.15) is 10.7 Å². The molecule has 5 heteroatoms. The Hall–Kier alpha value is -1.72. The van der Waals surface area contributed by atoms with Crippen LogP contribution in [0.5, 0.6) is 0 Å². The highest BCUT2D eigenvalue weighted by Crippen LogP contribution is 2.31. The number of nitrogens with zero attached hydrogens (tertiary/aromatic N) is 2. The Bertz CT molecular complexity index is 959.